The number of nitrogens with one attached hydrogen (secondary N) is 1. The molecule has 0 amide bonds. The number of thioether (sulfide) groups is 1. The quantitative estimate of drug-likeness (QED) is 0.758. The van der Waals surface area contributed by atoms with E-state index in [0.717, 1.165) is 13.0 Å². The molecule has 0 bridgehead atoms. The Kier molecular flexibility index (Phi) is 7.40. The van der Waals surface area contributed by atoms with Gasteiger partial charge in [0.2, 0.25) is 0 Å². The summed E-state index contributed by atoms with van der Waals surface area (Å²) in [5, 5.41) is 13.5. The van der Waals surface area contributed by atoms with E-state index in [2.05, 4.69) is 56.4 Å². The highest BCUT2D eigenvalue weighted by Gasteiger charge is 2.20. The predicted octanol–water partition coefficient (Wildman–Crippen LogP) is 3.23. The summed E-state index contributed by atoms with van der Waals surface area (Å²) in [4.78, 5) is 0. The van der Waals surface area contributed by atoms with Crippen LogP contribution in [0.5, 0.6) is 0 Å². The Morgan fingerprint density at radius 3 is 2.44 bits per heavy atom. The molecule has 102 valence electrons. The molecule has 1 aromatic carbocycles. The Bertz CT molecular complexity index is 318. The fourth-order valence-corrected chi connectivity index (χ4v) is 3.51. The van der Waals surface area contributed by atoms with Crippen molar-refractivity contribution in [3.8, 4) is 0 Å². The molecular formula is C15H25NOS. The van der Waals surface area contributed by atoms with E-state index in [1.54, 1.807) is 0 Å². The Hall–Kier alpha value is -0.510. The van der Waals surface area contributed by atoms with Gasteiger partial charge >= 0.3 is 0 Å². The summed E-state index contributed by atoms with van der Waals surface area (Å²) in [7, 11) is 0. The molecule has 3 atom stereocenters. The predicted molar refractivity (Wildman–Crippen MR) is 81.1 cm³/mol. The van der Waals surface area contributed by atoms with E-state index < -0.39 is 0 Å². The molecule has 3 heteroatoms. The summed E-state index contributed by atoms with van der Waals surface area (Å²) in [5.74, 6) is 0. The molecule has 1 aromatic rings. The number of hydrogen-bond acceptors (Lipinski definition) is 3. The van der Waals surface area contributed by atoms with E-state index in [4.69, 9.17) is 5.11 Å². The molecule has 0 heterocycles. The third-order valence-electron chi connectivity index (χ3n) is 3.03. The van der Waals surface area contributed by atoms with Crippen molar-refractivity contribution in [1.82, 2.24) is 5.32 Å². The first-order valence-electron chi connectivity index (χ1n) is 6.73. The van der Waals surface area contributed by atoms with Crippen LogP contribution in [0.2, 0.25) is 0 Å². The molecule has 0 aliphatic carbocycles. The highest BCUT2D eigenvalue weighted by atomic mass is 32.2. The van der Waals surface area contributed by atoms with Gasteiger partial charge in [0.05, 0.1) is 0 Å². The lowest BCUT2D eigenvalue weighted by Gasteiger charge is -2.27. The second-order valence-electron chi connectivity index (χ2n) is 4.61. The molecule has 2 nitrogen and oxygen atoms in total. The first-order chi connectivity index (χ1) is 8.69. The van der Waals surface area contributed by atoms with E-state index >= 15 is 0 Å². The van der Waals surface area contributed by atoms with Crippen LogP contribution in [0, 0.1) is 0 Å². The second-order valence-corrected chi connectivity index (χ2v) is 6.43. The lowest BCUT2D eigenvalue weighted by molar-refractivity contribution is 0.288. The Morgan fingerprint density at radius 1 is 1.22 bits per heavy atom. The van der Waals surface area contributed by atoms with Crippen molar-refractivity contribution in [2.45, 2.75) is 43.7 Å². The molecule has 0 spiro atoms. The number of aliphatic hydroxyl groups excluding tert-OH is 1. The average molecular weight is 267 g/mol. The van der Waals surface area contributed by atoms with Gasteiger partial charge in [0, 0.05) is 23.1 Å². The van der Waals surface area contributed by atoms with Crippen LogP contribution in [0.1, 0.15) is 38.8 Å². The van der Waals surface area contributed by atoms with Crippen molar-refractivity contribution < 1.29 is 5.11 Å². The summed E-state index contributed by atoms with van der Waals surface area (Å²) in [5.41, 5.74) is 1.34. The molecule has 0 saturated carbocycles. The van der Waals surface area contributed by atoms with Gasteiger partial charge in [-0.15, -0.1) is 0 Å². The molecule has 0 aliphatic heterocycles. The molecule has 0 radical (unpaired) electrons. The van der Waals surface area contributed by atoms with Crippen LogP contribution in [-0.2, 0) is 0 Å². The molecule has 18 heavy (non-hydrogen) atoms. The summed E-state index contributed by atoms with van der Waals surface area (Å²) in [6, 6.07) is 11.0. The van der Waals surface area contributed by atoms with E-state index in [-0.39, 0.29) is 6.61 Å². The van der Waals surface area contributed by atoms with Gasteiger partial charge in [-0.2, -0.15) is 11.8 Å². The minimum Gasteiger partial charge on any atom is -0.396 e. The van der Waals surface area contributed by atoms with Gasteiger partial charge in [-0.1, -0.05) is 51.1 Å². The molecule has 1 rings (SSSR count). The second kappa shape index (κ2) is 8.57. The van der Waals surface area contributed by atoms with Gasteiger partial charge in [0.25, 0.3) is 0 Å². The fraction of sp³-hybridized carbons (Fsp3) is 0.600. The van der Waals surface area contributed by atoms with Gasteiger partial charge in [-0.05, 0) is 18.5 Å². The average Bonchev–Trinajstić information content (AvgIpc) is 2.37. The van der Waals surface area contributed by atoms with E-state index in [9.17, 15) is 0 Å². The fourth-order valence-electron chi connectivity index (χ4n) is 2.13. The van der Waals surface area contributed by atoms with E-state index in [0.29, 0.717) is 16.5 Å². The third-order valence-corrected chi connectivity index (χ3v) is 4.44. The minimum absolute atomic E-state index is 0.276. The molecule has 0 aliphatic rings. The zero-order valence-electron chi connectivity index (χ0n) is 11.6. The summed E-state index contributed by atoms with van der Waals surface area (Å²) < 4.78 is 0. The van der Waals surface area contributed by atoms with Crippen LogP contribution in [-0.4, -0.2) is 28.8 Å². The Labute approximate surface area is 115 Å². The topological polar surface area (TPSA) is 32.3 Å². The van der Waals surface area contributed by atoms with Gasteiger partial charge < -0.3 is 10.4 Å². The maximum atomic E-state index is 8.98. The first-order valence-corrected chi connectivity index (χ1v) is 7.68. The maximum Gasteiger partial charge on any atom is 0.0441 e. The largest absolute Gasteiger partial charge is 0.396 e. The van der Waals surface area contributed by atoms with Crippen molar-refractivity contribution in [2.24, 2.45) is 0 Å². The van der Waals surface area contributed by atoms with Crippen LogP contribution in [0.15, 0.2) is 30.3 Å². The van der Waals surface area contributed by atoms with Crippen LogP contribution < -0.4 is 5.32 Å². The smallest absolute Gasteiger partial charge is 0.0441 e. The van der Waals surface area contributed by atoms with Gasteiger partial charge in [0.1, 0.15) is 0 Å². The zero-order valence-corrected chi connectivity index (χ0v) is 12.4. The Morgan fingerprint density at radius 2 is 1.89 bits per heavy atom. The van der Waals surface area contributed by atoms with Crippen molar-refractivity contribution in [3.63, 3.8) is 0 Å². The van der Waals surface area contributed by atoms with Crippen molar-refractivity contribution in [1.29, 1.82) is 0 Å². The lowest BCUT2D eigenvalue weighted by atomic mass is 10.0. The number of aliphatic hydroxyl groups is 1. The van der Waals surface area contributed by atoms with Gasteiger partial charge in [0.15, 0.2) is 0 Å². The number of benzene rings is 1. The molecule has 0 fully saturated rings. The standard InChI is InChI=1S/C15H25NOS/c1-4-16-15(14-8-6-5-7-9-14)13(3)18-12(2)10-11-17/h5-9,12-13,15-17H,4,10-11H2,1-3H3. The number of hydrogen-bond donors (Lipinski definition) is 2. The minimum atomic E-state index is 0.276. The molecular weight excluding hydrogens is 242 g/mol. The lowest BCUT2D eigenvalue weighted by Crippen LogP contribution is -2.29. The maximum absolute atomic E-state index is 8.98. The number of rotatable bonds is 8. The summed E-state index contributed by atoms with van der Waals surface area (Å²) in [6.07, 6.45) is 0.864. The SMILES string of the molecule is CCNC(c1ccccc1)C(C)SC(C)CCO. The third kappa shape index (κ3) is 5.01. The highest BCUT2D eigenvalue weighted by molar-refractivity contribution is 8.00. The van der Waals surface area contributed by atoms with Crippen molar-refractivity contribution in [2.75, 3.05) is 13.2 Å². The summed E-state index contributed by atoms with van der Waals surface area (Å²) in [6.45, 7) is 7.84. The molecule has 0 saturated heterocycles. The van der Waals surface area contributed by atoms with Crippen LogP contribution in [0.4, 0.5) is 0 Å². The normalized spacial score (nSPS) is 16.2. The van der Waals surface area contributed by atoms with Gasteiger partial charge in [-0.25, -0.2) is 0 Å². The van der Waals surface area contributed by atoms with E-state index in [1.165, 1.54) is 5.56 Å². The molecule has 0 aromatic heterocycles. The highest BCUT2D eigenvalue weighted by Crippen LogP contribution is 2.30. The molecule has 2 N–H and O–H groups in total. The van der Waals surface area contributed by atoms with Crippen LogP contribution >= 0.6 is 11.8 Å². The van der Waals surface area contributed by atoms with E-state index in [1.807, 2.05) is 11.8 Å². The monoisotopic (exact) mass is 267 g/mol. The van der Waals surface area contributed by atoms with Crippen LogP contribution in [0.25, 0.3) is 0 Å². The first kappa shape index (κ1) is 15.5. The Balaban J connectivity index is 2.66. The van der Waals surface area contributed by atoms with Crippen LogP contribution in [0.3, 0.4) is 0 Å². The van der Waals surface area contributed by atoms with Crippen molar-refractivity contribution in [3.05, 3.63) is 35.9 Å². The molecule has 3 unspecified atom stereocenters. The van der Waals surface area contributed by atoms with Crippen molar-refractivity contribution >= 4 is 11.8 Å². The summed E-state index contributed by atoms with van der Waals surface area (Å²) >= 11 is 1.94. The zero-order chi connectivity index (χ0) is 13.4. The van der Waals surface area contributed by atoms with Gasteiger partial charge in [-0.3, -0.25) is 0 Å².